The van der Waals surface area contributed by atoms with Gasteiger partial charge in [-0.2, -0.15) is 0 Å². The van der Waals surface area contributed by atoms with E-state index < -0.39 is 7.73 Å². The number of allylic oxidation sites excluding steroid dienone is 2. The molecule has 2 nitrogen and oxygen atoms in total. The van der Waals surface area contributed by atoms with Crippen LogP contribution in [-0.2, 0) is 9.05 Å². The van der Waals surface area contributed by atoms with Crippen LogP contribution < -0.4 is 0 Å². The topological polar surface area (TPSA) is 18.5 Å². The van der Waals surface area contributed by atoms with Gasteiger partial charge in [-0.1, -0.05) is 24.3 Å². The fraction of sp³-hybridized carbons (Fsp3) is 0.500. The molecule has 0 fully saturated rings. The van der Waals surface area contributed by atoms with Gasteiger partial charge in [-0.15, -0.1) is 0 Å². The normalized spacial score (nSPS) is 12.3. The van der Waals surface area contributed by atoms with Crippen molar-refractivity contribution in [3.05, 3.63) is 24.3 Å². The lowest BCUT2D eigenvalue weighted by Gasteiger charge is -2.06. The molecule has 0 saturated heterocycles. The molecule has 0 radical (unpaired) electrons. The summed E-state index contributed by atoms with van der Waals surface area (Å²) >= 11 is 5.70. The third-order valence-electron chi connectivity index (χ3n) is 1.02. The van der Waals surface area contributed by atoms with Crippen molar-refractivity contribution in [2.24, 2.45) is 0 Å². The Hall–Kier alpha value is 0.120. The summed E-state index contributed by atoms with van der Waals surface area (Å²) in [6.07, 6.45) is 7.59. The fourth-order valence-electron chi connectivity index (χ4n) is 0.433. The van der Waals surface area contributed by atoms with Crippen molar-refractivity contribution < 1.29 is 9.05 Å². The fourth-order valence-corrected chi connectivity index (χ4v) is 1.25. The lowest BCUT2D eigenvalue weighted by Crippen LogP contribution is -1.86. The van der Waals surface area contributed by atoms with E-state index in [-0.39, 0.29) is 0 Å². The molecule has 0 amide bonds. The first-order chi connectivity index (χ1) is 5.81. The van der Waals surface area contributed by atoms with E-state index in [0.29, 0.717) is 13.2 Å². The molecule has 0 atom stereocenters. The zero-order valence-corrected chi connectivity index (χ0v) is 9.02. The molecule has 0 bridgehead atoms. The Morgan fingerprint density at radius 3 is 1.83 bits per heavy atom. The van der Waals surface area contributed by atoms with Gasteiger partial charge in [0.25, 0.3) is 7.73 Å². The maximum Gasteiger partial charge on any atom is 0.277 e. The Kier molecular flexibility index (Phi) is 9.30. The summed E-state index contributed by atoms with van der Waals surface area (Å²) in [4.78, 5) is 0. The molecule has 12 heavy (non-hydrogen) atoms. The molecule has 0 rings (SSSR count). The van der Waals surface area contributed by atoms with Crippen LogP contribution in [0.25, 0.3) is 0 Å². The van der Waals surface area contributed by atoms with Gasteiger partial charge in [0.05, 0.1) is 13.2 Å². The van der Waals surface area contributed by atoms with Gasteiger partial charge in [0.15, 0.2) is 0 Å². The number of rotatable bonds is 6. The van der Waals surface area contributed by atoms with Crippen LogP contribution in [0.1, 0.15) is 13.8 Å². The third-order valence-corrected chi connectivity index (χ3v) is 2.31. The van der Waals surface area contributed by atoms with Crippen LogP contribution in [0.3, 0.4) is 0 Å². The van der Waals surface area contributed by atoms with Crippen LogP contribution in [0.5, 0.6) is 0 Å². The van der Waals surface area contributed by atoms with Crippen molar-refractivity contribution >= 4 is 19.0 Å². The Morgan fingerprint density at radius 1 is 1.08 bits per heavy atom. The summed E-state index contributed by atoms with van der Waals surface area (Å²) in [5.41, 5.74) is 0. The van der Waals surface area contributed by atoms with E-state index in [2.05, 4.69) is 0 Å². The zero-order chi connectivity index (χ0) is 9.23. The first-order valence-corrected chi connectivity index (χ1v) is 5.83. The van der Waals surface area contributed by atoms with E-state index in [1.165, 1.54) is 0 Å². The number of hydrogen-bond acceptors (Lipinski definition) is 2. The van der Waals surface area contributed by atoms with Crippen molar-refractivity contribution in [3.63, 3.8) is 0 Å². The number of halogens is 1. The molecule has 0 heterocycles. The average molecular weight is 209 g/mol. The Labute approximate surface area is 79.9 Å². The molecular weight excluding hydrogens is 195 g/mol. The minimum atomic E-state index is -1.23. The zero-order valence-electron chi connectivity index (χ0n) is 7.37. The van der Waals surface area contributed by atoms with Crippen LogP contribution >= 0.6 is 19.0 Å². The van der Waals surface area contributed by atoms with Gasteiger partial charge in [-0.25, -0.2) is 0 Å². The summed E-state index contributed by atoms with van der Waals surface area (Å²) in [5, 5.41) is 0. The van der Waals surface area contributed by atoms with Crippen LogP contribution in [0.15, 0.2) is 24.3 Å². The van der Waals surface area contributed by atoms with Crippen LogP contribution in [0.2, 0.25) is 0 Å². The summed E-state index contributed by atoms with van der Waals surface area (Å²) in [5.74, 6) is 0. The highest BCUT2D eigenvalue weighted by Crippen LogP contribution is 2.43. The molecule has 0 N–H and O–H groups in total. The quantitative estimate of drug-likeness (QED) is 0.490. The molecular formula is C8H14ClO2P. The van der Waals surface area contributed by atoms with Crippen molar-refractivity contribution in [3.8, 4) is 0 Å². The molecule has 0 spiro atoms. The Bertz CT molecular complexity index is 132. The van der Waals surface area contributed by atoms with Gasteiger partial charge in [0.1, 0.15) is 0 Å². The van der Waals surface area contributed by atoms with Crippen LogP contribution in [-0.4, -0.2) is 13.2 Å². The molecule has 0 aromatic heterocycles. The molecule has 70 valence electrons. The average Bonchev–Trinajstić information content (AvgIpc) is 2.06. The first-order valence-electron chi connectivity index (χ1n) is 3.75. The molecule has 0 aliphatic rings. The van der Waals surface area contributed by atoms with Crippen molar-refractivity contribution in [2.75, 3.05) is 13.2 Å². The SMILES string of the molecule is C/C=C/COP(Cl)OC/C=C/C. The molecule has 0 unspecified atom stereocenters. The Balaban J connectivity index is 3.26. The smallest absolute Gasteiger partial charge is 0.277 e. The monoisotopic (exact) mass is 208 g/mol. The minimum absolute atomic E-state index is 0.515. The lowest BCUT2D eigenvalue weighted by atomic mass is 10.6. The minimum Gasteiger partial charge on any atom is -0.318 e. The first kappa shape index (κ1) is 12.1. The second kappa shape index (κ2) is 9.21. The van der Waals surface area contributed by atoms with Gasteiger partial charge in [0, 0.05) is 0 Å². The molecule has 0 aromatic rings. The summed E-state index contributed by atoms with van der Waals surface area (Å²) < 4.78 is 10.2. The van der Waals surface area contributed by atoms with Crippen molar-refractivity contribution in [1.29, 1.82) is 0 Å². The summed E-state index contributed by atoms with van der Waals surface area (Å²) in [6, 6.07) is 0. The molecule has 4 heteroatoms. The van der Waals surface area contributed by atoms with Crippen LogP contribution in [0.4, 0.5) is 0 Å². The van der Waals surface area contributed by atoms with E-state index in [0.717, 1.165) is 0 Å². The van der Waals surface area contributed by atoms with Crippen molar-refractivity contribution in [1.82, 2.24) is 0 Å². The van der Waals surface area contributed by atoms with Gasteiger partial charge in [-0.3, -0.25) is 0 Å². The van der Waals surface area contributed by atoms with E-state index in [1.807, 2.05) is 38.2 Å². The van der Waals surface area contributed by atoms with Gasteiger partial charge in [-0.05, 0) is 25.1 Å². The predicted octanol–water partition coefficient (Wildman–Crippen LogP) is 3.64. The van der Waals surface area contributed by atoms with E-state index in [9.17, 15) is 0 Å². The maximum atomic E-state index is 5.70. The van der Waals surface area contributed by atoms with E-state index >= 15 is 0 Å². The summed E-state index contributed by atoms with van der Waals surface area (Å²) in [7, 11) is -1.23. The predicted molar refractivity (Wildman–Crippen MR) is 54.3 cm³/mol. The van der Waals surface area contributed by atoms with E-state index in [1.54, 1.807) is 0 Å². The summed E-state index contributed by atoms with van der Waals surface area (Å²) in [6.45, 7) is 4.89. The van der Waals surface area contributed by atoms with E-state index in [4.69, 9.17) is 20.3 Å². The highest BCUT2D eigenvalue weighted by molar-refractivity contribution is 7.76. The van der Waals surface area contributed by atoms with Crippen LogP contribution in [0, 0.1) is 0 Å². The van der Waals surface area contributed by atoms with Gasteiger partial charge < -0.3 is 9.05 Å². The largest absolute Gasteiger partial charge is 0.318 e. The van der Waals surface area contributed by atoms with Gasteiger partial charge in [0.2, 0.25) is 0 Å². The number of hydrogen-bond donors (Lipinski definition) is 0. The standard InChI is InChI=1S/C8H14ClO2P/c1-3-5-7-10-12(9)11-8-6-4-2/h3-6H,7-8H2,1-2H3/b5-3+,6-4+. The Morgan fingerprint density at radius 2 is 1.50 bits per heavy atom. The highest BCUT2D eigenvalue weighted by atomic mass is 35.7. The molecule has 0 aliphatic carbocycles. The second-order valence-corrected chi connectivity index (χ2v) is 3.71. The molecule has 0 aromatic carbocycles. The van der Waals surface area contributed by atoms with Crippen molar-refractivity contribution in [2.45, 2.75) is 13.8 Å². The lowest BCUT2D eigenvalue weighted by molar-refractivity contribution is 0.303. The second-order valence-electron chi connectivity index (χ2n) is 1.94. The maximum absolute atomic E-state index is 5.70. The third kappa shape index (κ3) is 8.22. The molecule has 0 aliphatic heterocycles. The van der Waals surface area contributed by atoms with Gasteiger partial charge >= 0.3 is 0 Å². The molecule has 0 saturated carbocycles. The highest BCUT2D eigenvalue weighted by Gasteiger charge is 2.02.